The van der Waals surface area contributed by atoms with Gasteiger partial charge in [0, 0.05) is 12.1 Å². The summed E-state index contributed by atoms with van der Waals surface area (Å²) in [5.74, 6) is -1.74. The number of rotatable bonds is 7. The van der Waals surface area contributed by atoms with E-state index in [2.05, 4.69) is 4.74 Å². The van der Waals surface area contributed by atoms with E-state index in [0.29, 0.717) is 4.90 Å². The van der Waals surface area contributed by atoms with Crippen molar-refractivity contribution in [2.75, 3.05) is 13.1 Å². The van der Waals surface area contributed by atoms with Gasteiger partial charge in [0.25, 0.3) is 0 Å². The van der Waals surface area contributed by atoms with Crippen LogP contribution in [0.1, 0.15) is 5.56 Å². The second kappa shape index (κ2) is 7.21. The molecule has 0 spiro atoms. The third-order valence-electron chi connectivity index (χ3n) is 2.34. The van der Waals surface area contributed by atoms with E-state index < -0.39 is 38.4 Å². The summed E-state index contributed by atoms with van der Waals surface area (Å²) in [7, 11) is 0. The first-order chi connectivity index (χ1) is 9.67. The number of hydrogen-bond acceptors (Lipinski definition) is 3. The third-order valence-corrected chi connectivity index (χ3v) is 2.34. The number of alkyl halides is 5. The molecule has 0 amide bonds. The van der Waals surface area contributed by atoms with Crippen molar-refractivity contribution in [3.63, 3.8) is 0 Å². The highest BCUT2D eigenvalue weighted by atomic mass is 19.4. The standard InChI is InChI=1S/C12H12F5NO3/c13-11(14)21-9-4-2-1-3-8(9)5-18(6-10(19)20)7-12(15,16)17/h1-4,11H,5-7H2,(H,19,20). The van der Waals surface area contributed by atoms with E-state index in [-0.39, 0.29) is 11.3 Å². The minimum Gasteiger partial charge on any atom is -0.480 e. The van der Waals surface area contributed by atoms with Crippen molar-refractivity contribution in [3.8, 4) is 5.75 Å². The van der Waals surface area contributed by atoms with Crippen LogP contribution in [0.5, 0.6) is 5.75 Å². The van der Waals surface area contributed by atoms with Crippen molar-refractivity contribution < 1.29 is 36.6 Å². The molecule has 1 N–H and O–H groups in total. The van der Waals surface area contributed by atoms with Crippen molar-refractivity contribution in [2.45, 2.75) is 19.3 Å². The zero-order valence-electron chi connectivity index (χ0n) is 10.6. The second-order valence-electron chi connectivity index (χ2n) is 4.14. The van der Waals surface area contributed by atoms with E-state index in [4.69, 9.17) is 5.11 Å². The van der Waals surface area contributed by atoms with Crippen molar-refractivity contribution in [1.82, 2.24) is 4.90 Å². The quantitative estimate of drug-likeness (QED) is 0.787. The van der Waals surface area contributed by atoms with Gasteiger partial charge in [0.2, 0.25) is 0 Å². The number of carboxylic acid groups (broad SMARTS) is 1. The highest BCUT2D eigenvalue weighted by Crippen LogP contribution is 2.24. The molecule has 1 rings (SSSR count). The molecule has 118 valence electrons. The first-order valence-corrected chi connectivity index (χ1v) is 5.71. The summed E-state index contributed by atoms with van der Waals surface area (Å²) in [5, 5.41) is 8.61. The molecule has 0 bridgehead atoms. The number of nitrogens with zero attached hydrogens (tertiary/aromatic N) is 1. The molecule has 21 heavy (non-hydrogen) atoms. The summed E-state index contributed by atoms with van der Waals surface area (Å²) >= 11 is 0. The average molecular weight is 313 g/mol. The molecule has 0 aromatic heterocycles. The van der Waals surface area contributed by atoms with Crippen LogP contribution in [0.4, 0.5) is 22.0 Å². The lowest BCUT2D eigenvalue weighted by atomic mass is 10.2. The fourth-order valence-electron chi connectivity index (χ4n) is 1.70. The Hall–Kier alpha value is -1.90. The molecule has 0 fully saturated rings. The minimum atomic E-state index is -4.60. The maximum absolute atomic E-state index is 12.4. The number of carboxylic acids is 1. The zero-order chi connectivity index (χ0) is 16.0. The molecule has 0 aliphatic heterocycles. The van der Waals surface area contributed by atoms with Crippen LogP contribution in [0.3, 0.4) is 0 Å². The Labute approximate surface area is 116 Å². The predicted octanol–water partition coefficient (Wildman–Crippen LogP) is 2.74. The molecule has 0 aliphatic rings. The van der Waals surface area contributed by atoms with E-state index in [9.17, 15) is 26.7 Å². The number of ether oxygens (including phenoxy) is 1. The van der Waals surface area contributed by atoms with Crippen LogP contribution in [-0.4, -0.2) is 41.9 Å². The van der Waals surface area contributed by atoms with E-state index in [1.807, 2.05) is 0 Å². The number of hydrogen-bond donors (Lipinski definition) is 1. The van der Waals surface area contributed by atoms with Gasteiger partial charge in [-0.2, -0.15) is 22.0 Å². The molecule has 1 aromatic carbocycles. The highest BCUT2D eigenvalue weighted by molar-refractivity contribution is 5.69. The van der Waals surface area contributed by atoms with Gasteiger partial charge >= 0.3 is 18.8 Å². The maximum Gasteiger partial charge on any atom is 0.401 e. The lowest BCUT2D eigenvalue weighted by molar-refractivity contribution is -0.155. The number of halogens is 5. The second-order valence-corrected chi connectivity index (χ2v) is 4.14. The SMILES string of the molecule is O=C(O)CN(Cc1ccccc1OC(F)F)CC(F)(F)F. The van der Waals surface area contributed by atoms with Crippen LogP contribution in [-0.2, 0) is 11.3 Å². The molecule has 0 saturated carbocycles. The number of carbonyl (C=O) groups is 1. The molecular formula is C12H12F5NO3. The van der Waals surface area contributed by atoms with E-state index in [0.717, 1.165) is 0 Å². The lowest BCUT2D eigenvalue weighted by Crippen LogP contribution is -2.37. The Morgan fingerprint density at radius 3 is 2.43 bits per heavy atom. The molecule has 0 unspecified atom stereocenters. The molecule has 0 radical (unpaired) electrons. The summed E-state index contributed by atoms with van der Waals surface area (Å²) in [6, 6.07) is 5.28. The van der Waals surface area contributed by atoms with Crippen LogP contribution < -0.4 is 4.74 Å². The molecule has 0 heterocycles. The first kappa shape index (κ1) is 17.2. The van der Waals surface area contributed by atoms with E-state index >= 15 is 0 Å². The van der Waals surface area contributed by atoms with Gasteiger partial charge < -0.3 is 9.84 Å². The molecule has 0 atom stereocenters. The fourth-order valence-corrected chi connectivity index (χ4v) is 1.70. The summed E-state index contributed by atoms with van der Waals surface area (Å²) in [5.41, 5.74) is 0.0447. The molecule has 1 aromatic rings. The Morgan fingerprint density at radius 2 is 1.90 bits per heavy atom. The maximum atomic E-state index is 12.4. The topological polar surface area (TPSA) is 49.8 Å². The summed E-state index contributed by atoms with van der Waals surface area (Å²) in [6.45, 7) is -5.94. The van der Waals surface area contributed by atoms with Crippen LogP contribution in [0.15, 0.2) is 24.3 Å². The smallest absolute Gasteiger partial charge is 0.401 e. The van der Waals surface area contributed by atoms with Gasteiger partial charge in [-0.05, 0) is 6.07 Å². The van der Waals surface area contributed by atoms with Gasteiger partial charge in [0.15, 0.2) is 0 Å². The number of para-hydroxylation sites is 1. The van der Waals surface area contributed by atoms with Gasteiger partial charge in [-0.25, -0.2) is 0 Å². The third kappa shape index (κ3) is 6.89. The van der Waals surface area contributed by atoms with Crippen LogP contribution in [0.25, 0.3) is 0 Å². The summed E-state index contributed by atoms with van der Waals surface area (Å²) in [6.07, 6.45) is -4.60. The lowest BCUT2D eigenvalue weighted by Gasteiger charge is -2.22. The number of benzene rings is 1. The van der Waals surface area contributed by atoms with Gasteiger partial charge in [0.05, 0.1) is 13.1 Å². The molecule has 0 aliphatic carbocycles. The first-order valence-electron chi connectivity index (χ1n) is 5.71. The van der Waals surface area contributed by atoms with Gasteiger partial charge in [-0.3, -0.25) is 9.69 Å². The van der Waals surface area contributed by atoms with E-state index in [1.54, 1.807) is 0 Å². The monoisotopic (exact) mass is 313 g/mol. The van der Waals surface area contributed by atoms with Gasteiger partial charge in [0.1, 0.15) is 5.75 Å². The Kier molecular flexibility index (Phi) is 5.89. The van der Waals surface area contributed by atoms with Crippen LogP contribution in [0, 0.1) is 0 Å². The van der Waals surface area contributed by atoms with Crippen molar-refractivity contribution in [1.29, 1.82) is 0 Å². The number of aliphatic carboxylic acids is 1. The van der Waals surface area contributed by atoms with E-state index in [1.165, 1.54) is 24.3 Å². The van der Waals surface area contributed by atoms with Crippen molar-refractivity contribution in [2.24, 2.45) is 0 Å². The van der Waals surface area contributed by atoms with Crippen molar-refractivity contribution >= 4 is 5.97 Å². The average Bonchev–Trinajstić information content (AvgIpc) is 2.27. The Morgan fingerprint density at radius 1 is 1.29 bits per heavy atom. The zero-order valence-corrected chi connectivity index (χ0v) is 10.6. The van der Waals surface area contributed by atoms with Gasteiger partial charge in [-0.15, -0.1) is 0 Å². The summed E-state index contributed by atoms with van der Waals surface area (Å²) < 4.78 is 65.8. The Bertz CT molecular complexity index is 478. The van der Waals surface area contributed by atoms with Crippen molar-refractivity contribution in [3.05, 3.63) is 29.8 Å². The van der Waals surface area contributed by atoms with Crippen LogP contribution >= 0.6 is 0 Å². The molecule has 4 nitrogen and oxygen atoms in total. The minimum absolute atomic E-state index is 0.0447. The largest absolute Gasteiger partial charge is 0.480 e. The molecule has 9 heteroatoms. The molecule has 0 saturated heterocycles. The predicted molar refractivity (Wildman–Crippen MR) is 62.0 cm³/mol. The Balaban J connectivity index is 2.89. The fraction of sp³-hybridized carbons (Fsp3) is 0.417. The summed E-state index contributed by atoms with van der Waals surface area (Å²) in [4.78, 5) is 11.2. The highest BCUT2D eigenvalue weighted by Gasteiger charge is 2.32. The molecular weight excluding hydrogens is 301 g/mol. The normalized spacial score (nSPS) is 12.0. The van der Waals surface area contributed by atoms with Gasteiger partial charge in [-0.1, -0.05) is 18.2 Å². The van der Waals surface area contributed by atoms with Crippen LogP contribution in [0.2, 0.25) is 0 Å².